The van der Waals surface area contributed by atoms with Gasteiger partial charge in [-0.05, 0) is 0 Å². The van der Waals surface area contributed by atoms with E-state index < -0.39 is 4.92 Å². The summed E-state index contributed by atoms with van der Waals surface area (Å²) in [6, 6.07) is 7.93. The van der Waals surface area contributed by atoms with E-state index in [1.807, 2.05) is 0 Å². The minimum atomic E-state index is -0.417. The van der Waals surface area contributed by atoms with Crippen molar-refractivity contribution in [3.63, 3.8) is 0 Å². The van der Waals surface area contributed by atoms with Gasteiger partial charge in [-0.15, -0.1) is 0 Å². The van der Waals surface area contributed by atoms with E-state index in [0.717, 1.165) is 0 Å². The van der Waals surface area contributed by atoms with E-state index in [9.17, 15) is 10.1 Å². The Morgan fingerprint density at radius 2 is 1.70 bits per heavy atom. The predicted octanol–water partition coefficient (Wildman–Crippen LogP) is 1.59. The Bertz CT molecular complexity index is 212. The first-order valence-corrected chi connectivity index (χ1v) is 2.50. The van der Waals surface area contributed by atoms with Crippen LogP contribution in [0.5, 0.6) is 0 Å². The van der Waals surface area contributed by atoms with Crippen molar-refractivity contribution >= 4 is 5.69 Å². The largest absolute Gasteiger partial charge is 0.269 e. The second-order valence-corrected chi connectivity index (χ2v) is 1.59. The van der Waals surface area contributed by atoms with Gasteiger partial charge in [0, 0.05) is 32.6 Å². The van der Waals surface area contributed by atoms with Crippen molar-refractivity contribution in [2.75, 3.05) is 0 Å². The van der Waals surface area contributed by atoms with E-state index in [1.54, 1.807) is 18.2 Å². The van der Waals surface area contributed by atoms with Crippen LogP contribution in [0.15, 0.2) is 30.3 Å². The van der Waals surface area contributed by atoms with E-state index in [-0.39, 0.29) is 26.1 Å². The van der Waals surface area contributed by atoms with Crippen LogP contribution in [0.3, 0.4) is 0 Å². The first-order valence-electron chi connectivity index (χ1n) is 2.50. The van der Waals surface area contributed by atoms with Crippen molar-refractivity contribution in [2.24, 2.45) is 0 Å². The molecule has 0 aliphatic heterocycles. The summed E-state index contributed by atoms with van der Waals surface area (Å²) in [4.78, 5) is 9.59. The number of hydrogen-bond donors (Lipinski definition) is 0. The third-order valence-corrected chi connectivity index (χ3v) is 0.967. The van der Waals surface area contributed by atoms with Crippen LogP contribution in [0.1, 0.15) is 0 Å². The summed E-state index contributed by atoms with van der Waals surface area (Å²) in [6.45, 7) is 0. The van der Waals surface area contributed by atoms with E-state index >= 15 is 0 Å². The van der Waals surface area contributed by atoms with E-state index in [2.05, 4.69) is 0 Å². The molecule has 0 bridgehead atoms. The molecule has 4 heteroatoms. The molecule has 0 radical (unpaired) electrons. The van der Waals surface area contributed by atoms with Crippen molar-refractivity contribution in [3.05, 3.63) is 40.4 Å². The molecule has 0 aliphatic carbocycles. The van der Waals surface area contributed by atoms with Gasteiger partial charge in [-0.3, -0.25) is 10.1 Å². The molecule has 0 amide bonds. The number of para-hydroxylation sites is 1. The minimum Gasteiger partial charge on any atom is -0.258 e. The van der Waals surface area contributed by atoms with Crippen molar-refractivity contribution in [1.29, 1.82) is 0 Å². The fourth-order valence-corrected chi connectivity index (χ4v) is 0.550. The van der Waals surface area contributed by atoms with Crippen LogP contribution in [-0.4, -0.2) is 4.92 Å². The van der Waals surface area contributed by atoms with Crippen molar-refractivity contribution < 1.29 is 25.3 Å². The predicted molar refractivity (Wildman–Crippen MR) is 33.1 cm³/mol. The molecule has 1 aromatic rings. The number of nitro groups is 1. The summed E-state index contributed by atoms with van der Waals surface area (Å²) in [5.41, 5.74) is 0.137. The van der Waals surface area contributed by atoms with Gasteiger partial charge in [0.15, 0.2) is 0 Å². The fraction of sp³-hybridized carbons (Fsp3) is 0. The second-order valence-electron chi connectivity index (χ2n) is 1.59. The van der Waals surface area contributed by atoms with Gasteiger partial charge in [-0.2, -0.15) is 0 Å². The molecular formula is C6H5NO2Pd. The van der Waals surface area contributed by atoms with Crippen LogP contribution in [0.25, 0.3) is 0 Å². The van der Waals surface area contributed by atoms with E-state index in [0.29, 0.717) is 0 Å². The quantitative estimate of drug-likeness (QED) is 0.417. The summed E-state index contributed by atoms with van der Waals surface area (Å²) in [5, 5.41) is 10.0. The van der Waals surface area contributed by atoms with Crippen LogP contribution in [0.4, 0.5) is 5.69 Å². The molecule has 56 valence electrons. The van der Waals surface area contributed by atoms with Crippen LogP contribution < -0.4 is 0 Å². The Morgan fingerprint density at radius 3 is 2.00 bits per heavy atom. The minimum absolute atomic E-state index is 0. The van der Waals surface area contributed by atoms with Crippen molar-refractivity contribution in [2.45, 2.75) is 0 Å². The Hall–Kier alpha value is -0.718. The number of nitro benzene ring substituents is 1. The molecule has 1 aromatic carbocycles. The molecule has 0 fully saturated rings. The maximum Gasteiger partial charge on any atom is 0.269 e. The maximum absolute atomic E-state index is 10.0. The van der Waals surface area contributed by atoms with Gasteiger partial charge in [0.2, 0.25) is 0 Å². The molecule has 10 heavy (non-hydrogen) atoms. The van der Waals surface area contributed by atoms with Crippen LogP contribution in [0, 0.1) is 10.1 Å². The molecule has 0 heterocycles. The standard InChI is InChI=1S/C6H5NO2.Pd/c8-7(9)6-4-2-1-3-5-6;/h1-5H;. The third kappa shape index (κ3) is 2.26. The zero-order valence-corrected chi connectivity index (χ0v) is 6.52. The van der Waals surface area contributed by atoms with Crippen molar-refractivity contribution in [1.82, 2.24) is 0 Å². The normalized spacial score (nSPS) is 8.00. The molecule has 0 aliphatic rings. The Labute approximate surface area is 71.9 Å². The molecule has 3 nitrogen and oxygen atoms in total. The second kappa shape index (κ2) is 4.15. The monoisotopic (exact) mass is 229 g/mol. The SMILES string of the molecule is O=[N+]([O-])c1ccccc1.[Pd]. The van der Waals surface area contributed by atoms with Gasteiger partial charge >= 0.3 is 0 Å². The zero-order valence-electron chi connectivity index (χ0n) is 4.97. The number of hydrogen-bond acceptors (Lipinski definition) is 2. The van der Waals surface area contributed by atoms with Gasteiger partial charge in [-0.1, -0.05) is 18.2 Å². The van der Waals surface area contributed by atoms with Gasteiger partial charge in [0.05, 0.1) is 4.92 Å². The summed E-state index contributed by atoms with van der Waals surface area (Å²) in [7, 11) is 0. The molecule has 0 aromatic heterocycles. The third-order valence-electron chi connectivity index (χ3n) is 0.967. The number of benzene rings is 1. The molecule has 0 atom stereocenters. The Balaban J connectivity index is 0.000000810. The number of non-ortho nitro benzene ring substituents is 1. The van der Waals surface area contributed by atoms with Gasteiger partial charge in [0.25, 0.3) is 5.69 Å². The average molecular weight is 230 g/mol. The summed E-state index contributed by atoms with van der Waals surface area (Å²) in [6.07, 6.45) is 0. The smallest absolute Gasteiger partial charge is 0.258 e. The van der Waals surface area contributed by atoms with E-state index in [1.165, 1.54) is 12.1 Å². The Morgan fingerprint density at radius 1 is 1.20 bits per heavy atom. The maximum atomic E-state index is 10.0. The van der Waals surface area contributed by atoms with Gasteiger partial charge < -0.3 is 0 Å². The molecule has 0 unspecified atom stereocenters. The molecule has 0 saturated carbocycles. The van der Waals surface area contributed by atoms with E-state index in [4.69, 9.17) is 0 Å². The molecule has 0 spiro atoms. The van der Waals surface area contributed by atoms with Gasteiger partial charge in [0.1, 0.15) is 0 Å². The summed E-state index contributed by atoms with van der Waals surface area (Å²) < 4.78 is 0. The average Bonchev–Trinajstić information content (AvgIpc) is 1.90. The summed E-state index contributed by atoms with van der Waals surface area (Å²) >= 11 is 0. The zero-order chi connectivity index (χ0) is 6.69. The number of nitrogens with zero attached hydrogens (tertiary/aromatic N) is 1. The van der Waals surface area contributed by atoms with Crippen LogP contribution in [0.2, 0.25) is 0 Å². The fourth-order valence-electron chi connectivity index (χ4n) is 0.550. The molecule has 1 rings (SSSR count). The molecule has 0 N–H and O–H groups in total. The van der Waals surface area contributed by atoms with Crippen LogP contribution >= 0.6 is 0 Å². The molecule has 0 saturated heterocycles. The topological polar surface area (TPSA) is 43.1 Å². The number of rotatable bonds is 1. The van der Waals surface area contributed by atoms with Crippen molar-refractivity contribution in [3.8, 4) is 0 Å². The summed E-state index contributed by atoms with van der Waals surface area (Å²) in [5.74, 6) is 0. The first-order chi connectivity index (χ1) is 4.30. The van der Waals surface area contributed by atoms with Gasteiger partial charge in [-0.25, -0.2) is 0 Å². The first kappa shape index (κ1) is 9.28. The Kier molecular flexibility index (Phi) is 3.86. The van der Waals surface area contributed by atoms with Crippen LogP contribution in [-0.2, 0) is 20.4 Å². The molecular weight excluding hydrogens is 224 g/mol.